The summed E-state index contributed by atoms with van der Waals surface area (Å²) < 4.78 is 2.04. The number of hydrogen-bond acceptors (Lipinski definition) is 3. The Kier molecular flexibility index (Phi) is 8.67. The molecule has 7 heteroatoms. The van der Waals surface area contributed by atoms with E-state index in [-0.39, 0.29) is 24.0 Å². The van der Waals surface area contributed by atoms with Gasteiger partial charge < -0.3 is 10.6 Å². The summed E-state index contributed by atoms with van der Waals surface area (Å²) in [4.78, 5) is 9.79. The van der Waals surface area contributed by atoms with E-state index in [0.29, 0.717) is 6.54 Å². The summed E-state index contributed by atoms with van der Waals surface area (Å²) in [5.41, 5.74) is 1.03. The lowest BCUT2D eigenvalue weighted by molar-refractivity contribution is 0.646. The van der Waals surface area contributed by atoms with Crippen molar-refractivity contribution in [3.05, 3.63) is 23.5 Å². The lowest BCUT2D eigenvalue weighted by atomic mass is 10.2. The van der Waals surface area contributed by atoms with Crippen LogP contribution in [0.4, 0.5) is 0 Å². The first-order valence-electron chi connectivity index (χ1n) is 7.19. The number of hydrogen-bond donors (Lipinski definition) is 2. The molecule has 0 saturated carbocycles. The Balaban J connectivity index is 0.00000220. The van der Waals surface area contributed by atoms with Crippen molar-refractivity contribution < 1.29 is 0 Å². The van der Waals surface area contributed by atoms with Crippen molar-refractivity contribution >= 4 is 46.2 Å². The average Bonchev–Trinajstić information content (AvgIpc) is 3.03. The van der Waals surface area contributed by atoms with Gasteiger partial charge >= 0.3 is 0 Å². The Morgan fingerprint density at radius 2 is 2.19 bits per heavy atom. The SMILES string of the molecule is CCCCCCNC(=NC)NCc1cn2ccsc2n1.I. The molecule has 0 aliphatic carbocycles. The van der Waals surface area contributed by atoms with Crippen LogP contribution in [0.15, 0.2) is 22.8 Å². The molecule has 0 radical (unpaired) electrons. The van der Waals surface area contributed by atoms with Crippen molar-refractivity contribution in [1.29, 1.82) is 0 Å². The molecule has 0 amide bonds. The molecule has 0 fully saturated rings. The molecule has 2 aromatic heterocycles. The first-order valence-corrected chi connectivity index (χ1v) is 8.07. The molecule has 0 bridgehead atoms. The van der Waals surface area contributed by atoms with Crippen molar-refractivity contribution in [2.24, 2.45) is 4.99 Å². The summed E-state index contributed by atoms with van der Waals surface area (Å²) in [6.45, 7) is 3.89. The van der Waals surface area contributed by atoms with Gasteiger partial charge in [0.25, 0.3) is 0 Å². The highest BCUT2D eigenvalue weighted by molar-refractivity contribution is 14.0. The maximum absolute atomic E-state index is 4.54. The van der Waals surface area contributed by atoms with Crippen LogP contribution in [-0.2, 0) is 6.54 Å². The fraction of sp³-hybridized carbons (Fsp3) is 0.571. The van der Waals surface area contributed by atoms with Gasteiger partial charge in [0.05, 0.1) is 12.2 Å². The van der Waals surface area contributed by atoms with E-state index in [9.17, 15) is 0 Å². The number of rotatable bonds is 7. The third-order valence-corrected chi connectivity index (χ3v) is 3.90. The van der Waals surface area contributed by atoms with E-state index in [2.05, 4.69) is 27.5 Å². The molecule has 21 heavy (non-hydrogen) atoms. The Labute approximate surface area is 147 Å². The lowest BCUT2D eigenvalue weighted by Crippen LogP contribution is -2.37. The van der Waals surface area contributed by atoms with Crippen LogP contribution in [-0.4, -0.2) is 28.9 Å². The maximum Gasteiger partial charge on any atom is 0.193 e. The van der Waals surface area contributed by atoms with Gasteiger partial charge in [-0.1, -0.05) is 26.2 Å². The van der Waals surface area contributed by atoms with Crippen LogP contribution in [0, 0.1) is 0 Å². The largest absolute Gasteiger partial charge is 0.356 e. The Bertz CT molecular complexity index is 520. The van der Waals surface area contributed by atoms with Crippen LogP contribution in [0.5, 0.6) is 0 Å². The molecule has 0 aliphatic heterocycles. The molecule has 118 valence electrons. The molecule has 0 spiro atoms. The number of aromatic nitrogens is 2. The summed E-state index contributed by atoms with van der Waals surface area (Å²) in [5.74, 6) is 0.845. The minimum absolute atomic E-state index is 0. The number of fused-ring (bicyclic) bond motifs is 1. The van der Waals surface area contributed by atoms with Gasteiger partial charge in [0.2, 0.25) is 0 Å². The molecule has 2 aromatic rings. The third kappa shape index (κ3) is 5.82. The van der Waals surface area contributed by atoms with Crippen molar-refractivity contribution in [2.75, 3.05) is 13.6 Å². The second kappa shape index (κ2) is 9.99. The van der Waals surface area contributed by atoms with Gasteiger partial charge in [-0.25, -0.2) is 4.98 Å². The van der Waals surface area contributed by atoms with Gasteiger partial charge in [-0.15, -0.1) is 35.3 Å². The zero-order valence-corrected chi connectivity index (χ0v) is 15.8. The Hall–Kier alpha value is -0.830. The predicted octanol–water partition coefficient (Wildman–Crippen LogP) is 3.26. The fourth-order valence-electron chi connectivity index (χ4n) is 2.01. The van der Waals surface area contributed by atoms with Gasteiger partial charge in [0.1, 0.15) is 0 Å². The summed E-state index contributed by atoms with van der Waals surface area (Å²) in [7, 11) is 1.80. The molecule has 0 atom stereocenters. The Morgan fingerprint density at radius 3 is 2.90 bits per heavy atom. The predicted molar refractivity (Wildman–Crippen MR) is 101 cm³/mol. The van der Waals surface area contributed by atoms with Gasteiger partial charge in [0.15, 0.2) is 10.9 Å². The zero-order valence-electron chi connectivity index (χ0n) is 12.6. The molecule has 0 aliphatic rings. The molecule has 0 aromatic carbocycles. The molecule has 2 N–H and O–H groups in total. The minimum atomic E-state index is 0. The Morgan fingerprint density at radius 1 is 1.33 bits per heavy atom. The molecule has 2 rings (SSSR count). The molecule has 2 heterocycles. The number of nitrogens with zero attached hydrogens (tertiary/aromatic N) is 3. The summed E-state index contributed by atoms with van der Waals surface area (Å²) >= 11 is 1.65. The van der Waals surface area contributed by atoms with Gasteiger partial charge in [0, 0.05) is 31.4 Å². The van der Waals surface area contributed by atoms with Crippen molar-refractivity contribution in [3.8, 4) is 0 Å². The first kappa shape index (κ1) is 18.2. The molecular weight excluding hydrogens is 397 g/mol. The van der Waals surface area contributed by atoms with E-state index in [1.54, 1.807) is 18.4 Å². The van der Waals surface area contributed by atoms with Gasteiger partial charge in [-0.05, 0) is 6.42 Å². The monoisotopic (exact) mass is 421 g/mol. The smallest absolute Gasteiger partial charge is 0.193 e. The van der Waals surface area contributed by atoms with E-state index in [1.807, 2.05) is 22.2 Å². The summed E-state index contributed by atoms with van der Waals surface area (Å²) in [6, 6.07) is 0. The van der Waals surface area contributed by atoms with Gasteiger partial charge in [-0.3, -0.25) is 9.39 Å². The molecule has 0 saturated heterocycles. The van der Waals surface area contributed by atoms with E-state index in [1.165, 1.54) is 25.7 Å². The van der Waals surface area contributed by atoms with Crippen LogP contribution in [0.25, 0.3) is 4.96 Å². The number of unbranched alkanes of at least 4 members (excludes halogenated alkanes) is 3. The normalized spacial score (nSPS) is 11.4. The number of imidazole rings is 1. The standard InChI is InChI=1S/C14H23N5S.HI/c1-3-4-5-6-7-16-13(15-2)17-10-12-11-19-8-9-20-14(19)18-12;/h8-9,11H,3-7,10H2,1-2H3,(H2,15,16,17);1H. The average molecular weight is 421 g/mol. The van der Waals surface area contributed by atoms with Gasteiger partial charge in [-0.2, -0.15) is 0 Å². The summed E-state index contributed by atoms with van der Waals surface area (Å²) in [6.07, 6.45) is 9.11. The van der Waals surface area contributed by atoms with Crippen LogP contribution in [0.2, 0.25) is 0 Å². The minimum Gasteiger partial charge on any atom is -0.356 e. The highest BCUT2D eigenvalue weighted by atomic mass is 127. The van der Waals surface area contributed by atoms with Crippen molar-refractivity contribution in [1.82, 2.24) is 20.0 Å². The van der Waals surface area contributed by atoms with E-state index < -0.39 is 0 Å². The maximum atomic E-state index is 4.54. The van der Waals surface area contributed by atoms with E-state index in [0.717, 1.165) is 23.2 Å². The second-order valence-corrected chi connectivity index (χ2v) is 5.61. The molecule has 0 unspecified atom stereocenters. The van der Waals surface area contributed by atoms with Crippen LogP contribution in [0.3, 0.4) is 0 Å². The van der Waals surface area contributed by atoms with E-state index >= 15 is 0 Å². The second-order valence-electron chi connectivity index (χ2n) is 4.74. The van der Waals surface area contributed by atoms with Crippen molar-refractivity contribution in [3.63, 3.8) is 0 Å². The van der Waals surface area contributed by atoms with Crippen molar-refractivity contribution in [2.45, 2.75) is 39.2 Å². The van der Waals surface area contributed by atoms with E-state index in [4.69, 9.17) is 0 Å². The fourth-order valence-corrected chi connectivity index (χ4v) is 2.73. The molecule has 5 nitrogen and oxygen atoms in total. The van der Waals surface area contributed by atoms with Crippen LogP contribution in [0.1, 0.15) is 38.3 Å². The summed E-state index contributed by atoms with van der Waals surface area (Å²) in [5, 5.41) is 8.67. The first-order chi connectivity index (χ1) is 9.83. The molecular formula is C14H24IN5S. The number of nitrogens with one attached hydrogen (secondary N) is 2. The zero-order chi connectivity index (χ0) is 14.2. The number of halogens is 1. The quantitative estimate of drug-likeness (QED) is 0.312. The number of thiazole rings is 1. The number of aliphatic imine (C=N–C) groups is 1. The topological polar surface area (TPSA) is 53.7 Å². The van der Waals surface area contributed by atoms with Crippen LogP contribution < -0.4 is 10.6 Å². The van der Waals surface area contributed by atoms with Crippen LogP contribution >= 0.6 is 35.3 Å². The lowest BCUT2D eigenvalue weighted by Gasteiger charge is -2.10. The highest BCUT2D eigenvalue weighted by Gasteiger charge is 2.03. The third-order valence-electron chi connectivity index (χ3n) is 3.13. The highest BCUT2D eigenvalue weighted by Crippen LogP contribution is 2.10. The number of guanidine groups is 1.